The number of carbonyl (C=O) groups excluding carboxylic acids is 1. The Morgan fingerprint density at radius 3 is 2.04 bits per heavy atom. The fourth-order valence-corrected chi connectivity index (χ4v) is 2.42. The number of halogens is 5. The van der Waals surface area contributed by atoms with Crippen molar-refractivity contribution in [3.8, 4) is 6.07 Å². The molecular formula is C15H9F5N2O3. The summed E-state index contributed by atoms with van der Waals surface area (Å²) in [6.07, 6.45) is 0. The molecule has 1 aliphatic heterocycles. The number of nitrogens with two attached hydrogens (primary N) is 1. The average Bonchev–Trinajstić information content (AvgIpc) is 2.58. The van der Waals surface area contributed by atoms with Crippen LogP contribution in [0.4, 0.5) is 22.0 Å². The Labute approximate surface area is 137 Å². The number of ether oxygens (including phenoxy) is 2. The largest absolute Gasteiger partial charge is 0.466 e. The third-order valence-corrected chi connectivity index (χ3v) is 3.54. The minimum atomic E-state index is -2.37. The highest BCUT2D eigenvalue weighted by atomic mass is 19.2. The van der Waals surface area contributed by atoms with Crippen LogP contribution in [0.1, 0.15) is 18.4 Å². The molecule has 1 atom stereocenters. The molecule has 0 aliphatic carbocycles. The van der Waals surface area contributed by atoms with Crippen molar-refractivity contribution in [2.75, 3.05) is 7.11 Å². The average molecular weight is 360 g/mol. The van der Waals surface area contributed by atoms with Crippen LogP contribution in [0.5, 0.6) is 0 Å². The summed E-state index contributed by atoms with van der Waals surface area (Å²) in [5, 5.41) is 9.18. The first-order valence-electron chi connectivity index (χ1n) is 6.55. The molecule has 5 nitrogen and oxygen atoms in total. The van der Waals surface area contributed by atoms with Gasteiger partial charge < -0.3 is 15.2 Å². The Kier molecular flexibility index (Phi) is 4.69. The van der Waals surface area contributed by atoms with Gasteiger partial charge in [-0.25, -0.2) is 26.7 Å². The number of esters is 1. The van der Waals surface area contributed by atoms with E-state index in [2.05, 4.69) is 4.74 Å². The number of nitriles is 1. The molecule has 1 unspecified atom stereocenters. The fourth-order valence-electron chi connectivity index (χ4n) is 2.42. The molecule has 132 valence electrons. The van der Waals surface area contributed by atoms with Gasteiger partial charge in [0.1, 0.15) is 17.4 Å². The molecule has 2 N–H and O–H groups in total. The van der Waals surface area contributed by atoms with Gasteiger partial charge in [-0.2, -0.15) is 5.26 Å². The lowest BCUT2D eigenvalue weighted by atomic mass is 9.82. The highest BCUT2D eigenvalue weighted by Gasteiger charge is 2.41. The number of hydrogen-bond donors (Lipinski definition) is 1. The highest BCUT2D eigenvalue weighted by Crippen LogP contribution is 2.42. The summed E-state index contributed by atoms with van der Waals surface area (Å²) in [6, 6.07) is 1.46. The molecule has 1 aromatic carbocycles. The van der Waals surface area contributed by atoms with Crippen LogP contribution in [-0.4, -0.2) is 13.1 Å². The SMILES string of the molecule is COC(=O)C1=C(C)OC(N)=C(C#N)C1c1c(F)c(F)c(F)c(F)c1F. The van der Waals surface area contributed by atoms with Crippen LogP contribution >= 0.6 is 0 Å². The standard InChI is InChI=1S/C15H9F5N2O3/c1-4-6(15(23)24-2)7(5(3-21)14(22)25-4)8-9(16)11(18)13(20)12(19)10(8)17/h7H,22H2,1-2H3. The molecule has 0 spiro atoms. The normalized spacial score (nSPS) is 17.3. The van der Waals surface area contributed by atoms with E-state index in [1.807, 2.05) is 0 Å². The van der Waals surface area contributed by atoms with Gasteiger partial charge in [0, 0.05) is 5.56 Å². The van der Waals surface area contributed by atoms with Crippen LogP contribution in [0.15, 0.2) is 22.8 Å². The molecule has 25 heavy (non-hydrogen) atoms. The van der Waals surface area contributed by atoms with Crippen LogP contribution in [0.25, 0.3) is 0 Å². The summed E-state index contributed by atoms with van der Waals surface area (Å²) < 4.78 is 78.1. The van der Waals surface area contributed by atoms with Crippen molar-refractivity contribution in [2.24, 2.45) is 5.73 Å². The number of methoxy groups -OCH3 is 1. The molecule has 1 heterocycles. The molecule has 1 aromatic rings. The fraction of sp³-hybridized carbons (Fsp3) is 0.200. The molecule has 0 aromatic heterocycles. The van der Waals surface area contributed by atoms with E-state index in [0.29, 0.717) is 0 Å². The van der Waals surface area contributed by atoms with Crippen molar-refractivity contribution in [1.82, 2.24) is 0 Å². The topological polar surface area (TPSA) is 85.3 Å². The van der Waals surface area contributed by atoms with E-state index in [1.54, 1.807) is 0 Å². The molecule has 1 aliphatic rings. The Hall–Kier alpha value is -3.09. The summed E-state index contributed by atoms with van der Waals surface area (Å²) in [7, 11) is 0.923. The van der Waals surface area contributed by atoms with Crippen molar-refractivity contribution < 1.29 is 36.2 Å². The first kappa shape index (κ1) is 18.3. The van der Waals surface area contributed by atoms with Gasteiger partial charge in [0.05, 0.1) is 18.6 Å². The Morgan fingerprint density at radius 2 is 1.60 bits per heavy atom. The Bertz CT molecular complexity index is 857. The van der Waals surface area contributed by atoms with Crippen molar-refractivity contribution in [3.05, 3.63) is 57.4 Å². The number of allylic oxidation sites excluding steroid dienone is 2. The van der Waals surface area contributed by atoms with E-state index < -0.39 is 63.6 Å². The number of hydrogen-bond acceptors (Lipinski definition) is 5. The predicted octanol–water partition coefficient (Wildman–Crippen LogP) is 2.64. The van der Waals surface area contributed by atoms with Crippen LogP contribution in [-0.2, 0) is 14.3 Å². The van der Waals surface area contributed by atoms with Gasteiger partial charge >= 0.3 is 5.97 Å². The number of benzene rings is 1. The van der Waals surface area contributed by atoms with E-state index >= 15 is 0 Å². The maximum absolute atomic E-state index is 14.2. The molecule has 0 saturated heterocycles. The second-order valence-electron chi connectivity index (χ2n) is 4.87. The summed E-state index contributed by atoms with van der Waals surface area (Å²) in [6.45, 7) is 1.16. The van der Waals surface area contributed by atoms with Crippen LogP contribution in [0.2, 0.25) is 0 Å². The second-order valence-corrected chi connectivity index (χ2v) is 4.87. The van der Waals surface area contributed by atoms with Crippen LogP contribution < -0.4 is 5.73 Å². The second kappa shape index (κ2) is 6.43. The molecule has 0 radical (unpaired) electrons. The molecule has 0 amide bonds. The lowest BCUT2D eigenvalue weighted by molar-refractivity contribution is -0.136. The molecule has 2 rings (SSSR count). The minimum Gasteiger partial charge on any atom is -0.466 e. The van der Waals surface area contributed by atoms with Gasteiger partial charge in [0.2, 0.25) is 11.7 Å². The monoisotopic (exact) mass is 360 g/mol. The van der Waals surface area contributed by atoms with Gasteiger partial charge in [0.25, 0.3) is 0 Å². The summed E-state index contributed by atoms with van der Waals surface area (Å²) >= 11 is 0. The maximum Gasteiger partial charge on any atom is 0.338 e. The zero-order valence-electron chi connectivity index (χ0n) is 12.7. The summed E-state index contributed by atoms with van der Waals surface area (Å²) in [5.41, 5.74) is 2.74. The van der Waals surface area contributed by atoms with Gasteiger partial charge in [-0.15, -0.1) is 0 Å². The van der Waals surface area contributed by atoms with Gasteiger partial charge in [-0.05, 0) is 6.92 Å². The first-order chi connectivity index (χ1) is 11.7. The summed E-state index contributed by atoms with van der Waals surface area (Å²) in [5.74, 6) is -15.3. The smallest absolute Gasteiger partial charge is 0.338 e. The third kappa shape index (κ3) is 2.67. The molecule has 0 fully saturated rings. The Morgan fingerprint density at radius 1 is 1.12 bits per heavy atom. The number of carbonyl (C=O) groups is 1. The third-order valence-electron chi connectivity index (χ3n) is 3.54. The minimum absolute atomic E-state index is 0.308. The van der Waals surface area contributed by atoms with E-state index in [4.69, 9.17) is 10.5 Å². The van der Waals surface area contributed by atoms with E-state index in [9.17, 15) is 32.0 Å². The lowest BCUT2D eigenvalue weighted by Crippen LogP contribution is -2.27. The predicted molar refractivity (Wildman–Crippen MR) is 71.6 cm³/mol. The van der Waals surface area contributed by atoms with Crippen molar-refractivity contribution >= 4 is 5.97 Å². The molecule has 0 saturated carbocycles. The quantitative estimate of drug-likeness (QED) is 0.379. The number of rotatable bonds is 2. The lowest BCUT2D eigenvalue weighted by Gasteiger charge is -2.27. The van der Waals surface area contributed by atoms with Crippen molar-refractivity contribution in [3.63, 3.8) is 0 Å². The molecule has 10 heteroatoms. The van der Waals surface area contributed by atoms with Crippen molar-refractivity contribution in [1.29, 1.82) is 5.26 Å². The number of nitrogens with zero attached hydrogens (tertiary/aromatic N) is 1. The maximum atomic E-state index is 14.2. The zero-order chi connectivity index (χ0) is 19.0. The Balaban J connectivity index is 2.92. The van der Waals surface area contributed by atoms with Crippen molar-refractivity contribution in [2.45, 2.75) is 12.8 Å². The van der Waals surface area contributed by atoms with Gasteiger partial charge in [0.15, 0.2) is 23.3 Å². The van der Waals surface area contributed by atoms with Crippen LogP contribution in [0.3, 0.4) is 0 Å². The van der Waals surface area contributed by atoms with E-state index in [0.717, 1.165) is 14.0 Å². The molecule has 0 bridgehead atoms. The van der Waals surface area contributed by atoms with Gasteiger partial charge in [-0.1, -0.05) is 0 Å². The highest BCUT2D eigenvalue weighted by molar-refractivity contribution is 5.92. The van der Waals surface area contributed by atoms with E-state index in [-0.39, 0.29) is 5.76 Å². The molecular weight excluding hydrogens is 351 g/mol. The van der Waals surface area contributed by atoms with E-state index in [1.165, 1.54) is 6.07 Å². The summed E-state index contributed by atoms with van der Waals surface area (Å²) in [4.78, 5) is 11.9. The van der Waals surface area contributed by atoms with Crippen LogP contribution in [0, 0.1) is 40.4 Å². The van der Waals surface area contributed by atoms with Gasteiger partial charge in [-0.3, -0.25) is 0 Å². The zero-order valence-corrected chi connectivity index (χ0v) is 12.7. The first-order valence-corrected chi connectivity index (χ1v) is 6.55.